The van der Waals surface area contributed by atoms with E-state index in [-0.39, 0.29) is 5.92 Å². The van der Waals surface area contributed by atoms with Gasteiger partial charge in [-0.15, -0.1) is 0 Å². The summed E-state index contributed by atoms with van der Waals surface area (Å²) in [6.45, 7) is 2.10. The fraction of sp³-hybridized carbons (Fsp3) is 0.889. The zero-order valence-corrected chi connectivity index (χ0v) is 7.05. The highest BCUT2D eigenvalue weighted by atomic mass is 16.4. The SMILES string of the molecule is CCCCC(C(=O)O)C1CC1. The Morgan fingerprint density at radius 2 is 2.27 bits per heavy atom. The van der Waals surface area contributed by atoms with Gasteiger partial charge in [-0.3, -0.25) is 4.79 Å². The fourth-order valence-corrected chi connectivity index (χ4v) is 1.48. The Morgan fingerprint density at radius 1 is 1.64 bits per heavy atom. The molecule has 1 atom stereocenters. The van der Waals surface area contributed by atoms with Crippen molar-refractivity contribution in [2.75, 3.05) is 0 Å². The monoisotopic (exact) mass is 156 g/mol. The third-order valence-electron chi connectivity index (χ3n) is 2.38. The van der Waals surface area contributed by atoms with Crippen LogP contribution in [0, 0.1) is 11.8 Å². The van der Waals surface area contributed by atoms with E-state index in [4.69, 9.17) is 5.11 Å². The van der Waals surface area contributed by atoms with Crippen LogP contribution in [0.3, 0.4) is 0 Å². The summed E-state index contributed by atoms with van der Waals surface area (Å²) in [4.78, 5) is 10.7. The molecule has 64 valence electrons. The molecule has 2 heteroatoms. The van der Waals surface area contributed by atoms with Gasteiger partial charge in [0.05, 0.1) is 5.92 Å². The first kappa shape index (κ1) is 8.57. The summed E-state index contributed by atoms with van der Waals surface area (Å²) in [5, 5.41) is 8.81. The molecule has 1 aliphatic rings. The first-order valence-electron chi connectivity index (χ1n) is 4.48. The van der Waals surface area contributed by atoms with Crippen LogP contribution in [0.25, 0.3) is 0 Å². The van der Waals surface area contributed by atoms with Crippen molar-refractivity contribution >= 4 is 5.97 Å². The van der Waals surface area contributed by atoms with Crippen LogP contribution in [-0.4, -0.2) is 11.1 Å². The van der Waals surface area contributed by atoms with Crippen molar-refractivity contribution in [2.24, 2.45) is 11.8 Å². The maximum atomic E-state index is 10.7. The average molecular weight is 156 g/mol. The maximum Gasteiger partial charge on any atom is 0.306 e. The van der Waals surface area contributed by atoms with E-state index in [0.29, 0.717) is 5.92 Å². The van der Waals surface area contributed by atoms with Crippen molar-refractivity contribution in [3.63, 3.8) is 0 Å². The van der Waals surface area contributed by atoms with E-state index < -0.39 is 5.97 Å². The van der Waals surface area contributed by atoms with Crippen molar-refractivity contribution in [1.82, 2.24) is 0 Å². The van der Waals surface area contributed by atoms with Gasteiger partial charge in [0.15, 0.2) is 0 Å². The number of hydrogen-bond acceptors (Lipinski definition) is 1. The normalized spacial score (nSPS) is 19.7. The molecule has 1 rings (SSSR count). The van der Waals surface area contributed by atoms with E-state index in [9.17, 15) is 4.79 Å². The second kappa shape index (κ2) is 3.74. The minimum Gasteiger partial charge on any atom is -0.481 e. The topological polar surface area (TPSA) is 37.3 Å². The van der Waals surface area contributed by atoms with Crippen LogP contribution in [0.5, 0.6) is 0 Å². The third kappa shape index (κ3) is 2.52. The first-order valence-corrected chi connectivity index (χ1v) is 4.48. The molecule has 1 unspecified atom stereocenters. The quantitative estimate of drug-likeness (QED) is 0.663. The minimum atomic E-state index is -0.582. The van der Waals surface area contributed by atoms with Crippen molar-refractivity contribution in [2.45, 2.75) is 39.0 Å². The van der Waals surface area contributed by atoms with E-state index in [0.717, 1.165) is 32.1 Å². The zero-order valence-electron chi connectivity index (χ0n) is 7.05. The van der Waals surface area contributed by atoms with Gasteiger partial charge in [-0.2, -0.15) is 0 Å². The molecule has 1 N–H and O–H groups in total. The number of carboxylic acid groups (broad SMARTS) is 1. The Kier molecular flexibility index (Phi) is 2.92. The standard InChI is InChI=1S/C9H16O2/c1-2-3-4-8(9(10)11)7-5-6-7/h7-8H,2-6H2,1H3,(H,10,11). The van der Waals surface area contributed by atoms with Gasteiger partial charge < -0.3 is 5.11 Å². The van der Waals surface area contributed by atoms with E-state index in [2.05, 4.69) is 6.92 Å². The molecule has 0 aromatic carbocycles. The lowest BCUT2D eigenvalue weighted by atomic mass is 9.97. The maximum absolute atomic E-state index is 10.7. The van der Waals surface area contributed by atoms with Crippen LogP contribution in [0.1, 0.15) is 39.0 Å². The van der Waals surface area contributed by atoms with Gasteiger partial charge in [0.25, 0.3) is 0 Å². The van der Waals surface area contributed by atoms with Gasteiger partial charge >= 0.3 is 5.97 Å². The van der Waals surface area contributed by atoms with E-state index >= 15 is 0 Å². The molecule has 0 radical (unpaired) electrons. The number of unbranched alkanes of at least 4 members (excludes halogenated alkanes) is 1. The second-order valence-corrected chi connectivity index (χ2v) is 3.42. The van der Waals surface area contributed by atoms with Crippen LogP contribution in [0.15, 0.2) is 0 Å². The number of carbonyl (C=O) groups is 1. The molecule has 0 heterocycles. The summed E-state index contributed by atoms with van der Waals surface area (Å²) in [5.74, 6) is -0.102. The molecule has 11 heavy (non-hydrogen) atoms. The van der Waals surface area contributed by atoms with Gasteiger partial charge in [-0.05, 0) is 25.2 Å². The summed E-state index contributed by atoms with van der Waals surface area (Å²) in [7, 11) is 0. The van der Waals surface area contributed by atoms with Crippen molar-refractivity contribution in [1.29, 1.82) is 0 Å². The molecule has 0 saturated heterocycles. The summed E-state index contributed by atoms with van der Waals surface area (Å²) in [5.41, 5.74) is 0. The average Bonchev–Trinajstić information content (AvgIpc) is 2.71. The molecule has 2 nitrogen and oxygen atoms in total. The molecular formula is C9H16O2. The van der Waals surface area contributed by atoms with Crippen LogP contribution < -0.4 is 0 Å². The largest absolute Gasteiger partial charge is 0.481 e. The predicted octanol–water partition coefficient (Wildman–Crippen LogP) is 2.29. The van der Waals surface area contributed by atoms with Crippen LogP contribution in [0.4, 0.5) is 0 Å². The molecular weight excluding hydrogens is 140 g/mol. The molecule has 0 spiro atoms. The molecule has 0 aromatic rings. The molecule has 1 aliphatic carbocycles. The van der Waals surface area contributed by atoms with E-state index in [1.165, 1.54) is 0 Å². The lowest BCUT2D eigenvalue weighted by Gasteiger charge is -2.08. The van der Waals surface area contributed by atoms with E-state index in [1.54, 1.807) is 0 Å². The molecule has 1 fully saturated rings. The molecule has 0 aliphatic heterocycles. The summed E-state index contributed by atoms with van der Waals surface area (Å²) >= 11 is 0. The Labute approximate surface area is 67.6 Å². The Balaban J connectivity index is 2.26. The molecule has 0 amide bonds. The lowest BCUT2D eigenvalue weighted by Crippen LogP contribution is -2.15. The van der Waals surface area contributed by atoms with Gasteiger partial charge in [0.1, 0.15) is 0 Å². The Bertz CT molecular complexity index is 138. The second-order valence-electron chi connectivity index (χ2n) is 3.42. The smallest absolute Gasteiger partial charge is 0.306 e. The van der Waals surface area contributed by atoms with Gasteiger partial charge in [0, 0.05) is 0 Å². The third-order valence-corrected chi connectivity index (χ3v) is 2.38. The molecule has 0 aromatic heterocycles. The van der Waals surface area contributed by atoms with Crippen molar-refractivity contribution in [3.8, 4) is 0 Å². The van der Waals surface area contributed by atoms with E-state index in [1.807, 2.05) is 0 Å². The highest BCUT2D eigenvalue weighted by molar-refractivity contribution is 5.70. The van der Waals surface area contributed by atoms with Crippen LogP contribution in [-0.2, 0) is 4.79 Å². The predicted molar refractivity (Wildman–Crippen MR) is 43.4 cm³/mol. The first-order chi connectivity index (χ1) is 5.25. The Morgan fingerprint density at radius 3 is 2.64 bits per heavy atom. The zero-order chi connectivity index (χ0) is 8.27. The highest BCUT2D eigenvalue weighted by Gasteiger charge is 2.35. The number of rotatable bonds is 5. The number of hydrogen-bond donors (Lipinski definition) is 1. The molecule has 1 saturated carbocycles. The summed E-state index contributed by atoms with van der Waals surface area (Å²) < 4.78 is 0. The van der Waals surface area contributed by atoms with Crippen LogP contribution in [0.2, 0.25) is 0 Å². The minimum absolute atomic E-state index is 0.0325. The van der Waals surface area contributed by atoms with Crippen LogP contribution >= 0.6 is 0 Å². The fourth-order valence-electron chi connectivity index (χ4n) is 1.48. The molecule has 0 bridgehead atoms. The lowest BCUT2D eigenvalue weighted by molar-refractivity contribution is -0.142. The van der Waals surface area contributed by atoms with Gasteiger partial charge in [-0.1, -0.05) is 19.8 Å². The van der Waals surface area contributed by atoms with Crippen molar-refractivity contribution in [3.05, 3.63) is 0 Å². The van der Waals surface area contributed by atoms with Gasteiger partial charge in [0.2, 0.25) is 0 Å². The van der Waals surface area contributed by atoms with Crippen molar-refractivity contribution < 1.29 is 9.90 Å². The summed E-state index contributed by atoms with van der Waals surface area (Å²) in [6.07, 6.45) is 5.34. The highest BCUT2D eigenvalue weighted by Crippen LogP contribution is 2.39. The number of carboxylic acids is 1. The Hall–Kier alpha value is -0.530. The van der Waals surface area contributed by atoms with Gasteiger partial charge in [-0.25, -0.2) is 0 Å². The number of aliphatic carboxylic acids is 1. The summed E-state index contributed by atoms with van der Waals surface area (Å²) in [6, 6.07) is 0.